The Bertz CT molecular complexity index is 1700. The van der Waals surface area contributed by atoms with Gasteiger partial charge in [-0.3, -0.25) is 9.59 Å². The Morgan fingerprint density at radius 3 is 1.28 bits per heavy atom. The number of hydrogen-bond acceptors (Lipinski definition) is 8. The number of fused-ring (bicyclic) bond motifs is 2. The standard InChI is InChI=1S/C42H52N4O4/c1-3-5-7-9-11-13-17-27-19-15-21-29(23-27)49-33-25-31(43)35-37(39(33)45)42(48)38-36(41(35)47)32(44)26-34(40(38)46)50-30-22-16-20-28(24-30)18-14-12-10-8-6-4-2/h15-16,19-26H,3-14,17-18,43-46H2,1-2H3. The van der Waals surface area contributed by atoms with Gasteiger partial charge in [0.1, 0.15) is 11.5 Å². The molecule has 50 heavy (non-hydrogen) atoms. The van der Waals surface area contributed by atoms with Gasteiger partial charge in [0.25, 0.3) is 0 Å². The second-order valence-electron chi connectivity index (χ2n) is 13.4. The molecule has 0 unspecified atom stereocenters. The zero-order valence-electron chi connectivity index (χ0n) is 29.6. The summed E-state index contributed by atoms with van der Waals surface area (Å²) in [6.07, 6.45) is 16.4. The monoisotopic (exact) mass is 676 g/mol. The first-order chi connectivity index (χ1) is 24.2. The molecule has 8 N–H and O–H groups in total. The van der Waals surface area contributed by atoms with Crippen LogP contribution in [0.1, 0.15) is 134 Å². The Balaban J connectivity index is 1.36. The summed E-state index contributed by atoms with van der Waals surface area (Å²) in [6, 6.07) is 18.6. The molecule has 0 saturated carbocycles. The molecule has 4 aromatic rings. The van der Waals surface area contributed by atoms with Gasteiger partial charge in [-0.2, -0.15) is 0 Å². The van der Waals surface area contributed by atoms with Gasteiger partial charge in [0, 0.05) is 23.5 Å². The predicted molar refractivity (Wildman–Crippen MR) is 205 cm³/mol. The molecule has 0 aromatic heterocycles. The summed E-state index contributed by atoms with van der Waals surface area (Å²) in [6.45, 7) is 4.44. The van der Waals surface area contributed by atoms with Gasteiger partial charge in [-0.25, -0.2) is 0 Å². The van der Waals surface area contributed by atoms with Gasteiger partial charge in [-0.15, -0.1) is 0 Å². The van der Waals surface area contributed by atoms with E-state index in [0.717, 1.165) is 36.8 Å². The molecule has 0 fully saturated rings. The number of ketones is 2. The van der Waals surface area contributed by atoms with E-state index >= 15 is 0 Å². The number of carbonyl (C=O) groups excluding carboxylic acids is 2. The van der Waals surface area contributed by atoms with E-state index in [1.807, 2.05) is 36.4 Å². The van der Waals surface area contributed by atoms with Crippen LogP contribution < -0.4 is 32.4 Å². The number of nitrogen functional groups attached to an aromatic ring is 4. The smallest absolute Gasteiger partial charge is 0.199 e. The first-order valence-corrected chi connectivity index (χ1v) is 18.3. The molecule has 0 heterocycles. The largest absolute Gasteiger partial charge is 0.455 e. The minimum Gasteiger partial charge on any atom is -0.455 e. The van der Waals surface area contributed by atoms with E-state index in [2.05, 4.69) is 26.0 Å². The van der Waals surface area contributed by atoms with E-state index in [1.165, 1.54) is 76.3 Å². The zero-order chi connectivity index (χ0) is 35.6. The molecule has 5 rings (SSSR count). The maximum Gasteiger partial charge on any atom is 0.199 e. The molecule has 264 valence electrons. The summed E-state index contributed by atoms with van der Waals surface area (Å²) in [5.74, 6) is 0.406. The van der Waals surface area contributed by atoms with Crippen LogP contribution in [0.3, 0.4) is 0 Å². The lowest BCUT2D eigenvalue weighted by atomic mass is 9.80. The highest BCUT2D eigenvalue weighted by Crippen LogP contribution is 2.46. The topological polar surface area (TPSA) is 157 Å². The minimum atomic E-state index is -0.562. The van der Waals surface area contributed by atoms with Crippen molar-refractivity contribution in [3.8, 4) is 23.0 Å². The van der Waals surface area contributed by atoms with Crippen molar-refractivity contribution >= 4 is 34.3 Å². The lowest BCUT2D eigenvalue weighted by molar-refractivity contribution is 0.0981. The summed E-state index contributed by atoms with van der Waals surface area (Å²) in [4.78, 5) is 28.1. The van der Waals surface area contributed by atoms with Crippen LogP contribution in [0.4, 0.5) is 22.7 Å². The van der Waals surface area contributed by atoms with Crippen molar-refractivity contribution < 1.29 is 19.1 Å². The Morgan fingerprint density at radius 2 is 0.860 bits per heavy atom. The average molecular weight is 677 g/mol. The summed E-state index contributed by atoms with van der Waals surface area (Å²) in [7, 11) is 0. The molecule has 1 aliphatic carbocycles. The molecule has 0 atom stereocenters. The van der Waals surface area contributed by atoms with Crippen molar-refractivity contribution in [3.05, 3.63) is 94.0 Å². The SMILES string of the molecule is CCCCCCCCc1cccc(Oc2cc(N)c3c(c2N)C(=O)c2c(N)c(Oc4cccc(CCCCCCCC)c4)cc(N)c2C3=O)c1. The molecule has 4 aromatic carbocycles. The van der Waals surface area contributed by atoms with Gasteiger partial charge in [-0.05, 0) is 61.1 Å². The molecule has 0 saturated heterocycles. The van der Waals surface area contributed by atoms with E-state index in [4.69, 9.17) is 32.4 Å². The van der Waals surface area contributed by atoms with Crippen LogP contribution in [0.15, 0.2) is 60.7 Å². The number of aryl methyl sites for hydroxylation is 2. The molecule has 0 bridgehead atoms. The number of rotatable bonds is 18. The van der Waals surface area contributed by atoms with Crippen molar-refractivity contribution in [1.82, 2.24) is 0 Å². The third-order valence-electron chi connectivity index (χ3n) is 9.52. The molecule has 0 radical (unpaired) electrons. The van der Waals surface area contributed by atoms with E-state index in [-0.39, 0.29) is 56.5 Å². The maximum atomic E-state index is 14.2. The first-order valence-electron chi connectivity index (χ1n) is 18.3. The zero-order valence-corrected chi connectivity index (χ0v) is 29.6. The number of carbonyl (C=O) groups is 2. The fourth-order valence-electron chi connectivity index (χ4n) is 6.77. The number of ether oxygens (including phenoxy) is 2. The Kier molecular flexibility index (Phi) is 12.4. The third-order valence-corrected chi connectivity index (χ3v) is 9.52. The van der Waals surface area contributed by atoms with Gasteiger partial charge in [0.2, 0.25) is 0 Å². The average Bonchev–Trinajstić information content (AvgIpc) is 3.10. The third kappa shape index (κ3) is 8.41. The van der Waals surface area contributed by atoms with Crippen LogP contribution in [-0.2, 0) is 12.8 Å². The Hall–Kier alpha value is -4.98. The molecule has 0 aliphatic heterocycles. The first kappa shape index (κ1) is 36.3. The molecule has 0 amide bonds. The number of anilines is 4. The Labute approximate surface area is 296 Å². The van der Waals surface area contributed by atoms with Crippen LogP contribution >= 0.6 is 0 Å². The summed E-state index contributed by atoms with van der Waals surface area (Å²) in [5.41, 5.74) is 28.3. The van der Waals surface area contributed by atoms with Gasteiger partial charge >= 0.3 is 0 Å². The fourth-order valence-corrected chi connectivity index (χ4v) is 6.77. The summed E-state index contributed by atoms with van der Waals surface area (Å²) in [5, 5.41) is 0. The van der Waals surface area contributed by atoms with Crippen molar-refractivity contribution in [2.24, 2.45) is 0 Å². The van der Waals surface area contributed by atoms with E-state index in [1.54, 1.807) is 0 Å². The van der Waals surface area contributed by atoms with Crippen molar-refractivity contribution in [1.29, 1.82) is 0 Å². The highest BCUT2D eigenvalue weighted by Gasteiger charge is 2.38. The quantitative estimate of drug-likeness (QED) is 0.0527. The van der Waals surface area contributed by atoms with Gasteiger partial charge in [-0.1, -0.05) is 102 Å². The van der Waals surface area contributed by atoms with Crippen LogP contribution in [0.2, 0.25) is 0 Å². The molecule has 8 heteroatoms. The second kappa shape index (κ2) is 17.1. The highest BCUT2D eigenvalue weighted by atomic mass is 16.5. The van der Waals surface area contributed by atoms with E-state index < -0.39 is 11.6 Å². The van der Waals surface area contributed by atoms with Crippen molar-refractivity contribution in [2.75, 3.05) is 22.9 Å². The number of unbranched alkanes of at least 4 members (excludes halogenated alkanes) is 10. The van der Waals surface area contributed by atoms with Gasteiger partial charge in [0.05, 0.1) is 33.6 Å². The predicted octanol–water partition coefficient (Wildman–Crippen LogP) is 10.2. The fraction of sp³-hybridized carbons (Fsp3) is 0.381. The van der Waals surface area contributed by atoms with Crippen molar-refractivity contribution in [3.63, 3.8) is 0 Å². The van der Waals surface area contributed by atoms with E-state index in [9.17, 15) is 9.59 Å². The molecule has 1 aliphatic rings. The number of benzene rings is 4. The molecular formula is C42H52N4O4. The van der Waals surface area contributed by atoms with Crippen LogP contribution in [-0.4, -0.2) is 11.6 Å². The molecule has 8 nitrogen and oxygen atoms in total. The lowest BCUT2D eigenvalue weighted by Gasteiger charge is -2.25. The minimum absolute atomic E-state index is 0.00575. The van der Waals surface area contributed by atoms with Gasteiger partial charge < -0.3 is 32.4 Å². The normalized spacial score (nSPS) is 12.1. The number of nitrogens with two attached hydrogens (primary N) is 4. The maximum absolute atomic E-state index is 14.2. The van der Waals surface area contributed by atoms with Crippen LogP contribution in [0.25, 0.3) is 0 Å². The summed E-state index contributed by atoms with van der Waals surface area (Å²) < 4.78 is 12.4. The highest BCUT2D eigenvalue weighted by molar-refractivity contribution is 6.35. The molecule has 0 spiro atoms. The summed E-state index contributed by atoms with van der Waals surface area (Å²) >= 11 is 0. The van der Waals surface area contributed by atoms with Crippen molar-refractivity contribution in [2.45, 2.75) is 104 Å². The van der Waals surface area contributed by atoms with Crippen LogP contribution in [0, 0.1) is 0 Å². The lowest BCUT2D eigenvalue weighted by Crippen LogP contribution is -2.26. The Morgan fingerprint density at radius 1 is 0.480 bits per heavy atom. The molecular weight excluding hydrogens is 624 g/mol. The van der Waals surface area contributed by atoms with E-state index in [0.29, 0.717) is 11.5 Å². The number of hydrogen-bond donors (Lipinski definition) is 4. The van der Waals surface area contributed by atoms with Gasteiger partial charge in [0.15, 0.2) is 23.1 Å². The second-order valence-corrected chi connectivity index (χ2v) is 13.4. The van der Waals surface area contributed by atoms with Crippen LogP contribution in [0.5, 0.6) is 23.0 Å².